The molecule has 1 fully saturated rings. The van der Waals surface area contributed by atoms with Gasteiger partial charge in [0.25, 0.3) is 0 Å². The fourth-order valence-electron chi connectivity index (χ4n) is 0.118. The summed E-state index contributed by atoms with van der Waals surface area (Å²) in [7, 11) is 0. The van der Waals surface area contributed by atoms with Gasteiger partial charge in [0.2, 0.25) is 0 Å². The van der Waals surface area contributed by atoms with Gasteiger partial charge in [0.05, 0.1) is 0 Å². The Hall–Kier alpha value is 0.250. The number of hydrogen-bond donors (Lipinski definition) is 1. The molecule has 5 heavy (non-hydrogen) atoms. The summed E-state index contributed by atoms with van der Waals surface area (Å²) in [6.45, 7) is 3.40. The van der Waals surface area contributed by atoms with Crippen LogP contribution in [0.5, 0.6) is 0 Å². The molecule has 1 saturated heterocycles. The van der Waals surface area contributed by atoms with Crippen LogP contribution in [0.1, 0.15) is 6.92 Å². The van der Waals surface area contributed by atoms with Crippen molar-refractivity contribution in [2.24, 2.45) is 0 Å². The highest BCUT2D eigenvalue weighted by atomic mass is 35.5. The van der Waals surface area contributed by atoms with Gasteiger partial charge in [0, 0.05) is 12.6 Å². The monoisotopic (exact) mass is 93.0 g/mol. The number of rotatable bonds is 0. The Morgan fingerprint density at radius 1 is 1.80 bits per heavy atom. The zero-order valence-corrected chi connectivity index (χ0v) is 4.01. The van der Waals surface area contributed by atoms with Gasteiger partial charge in [-0.15, -0.1) is 12.4 Å². The molecule has 2 heteroatoms. The van der Waals surface area contributed by atoms with Crippen LogP contribution in [0.4, 0.5) is 0 Å². The van der Waals surface area contributed by atoms with Crippen molar-refractivity contribution in [1.82, 2.24) is 5.32 Å². The van der Waals surface area contributed by atoms with Crippen LogP contribution in [0.15, 0.2) is 0 Å². The Kier molecular flexibility index (Phi) is 1.71. The van der Waals surface area contributed by atoms with E-state index in [1.165, 1.54) is 6.54 Å². The first-order valence-electron chi connectivity index (χ1n) is 1.63. The summed E-state index contributed by atoms with van der Waals surface area (Å²) in [5.41, 5.74) is 0. The third kappa shape index (κ3) is 2.04. The minimum atomic E-state index is 0. The highest BCUT2D eigenvalue weighted by Gasteiger charge is 2.10. The maximum absolute atomic E-state index is 3.10. The number of nitrogens with one attached hydrogen (secondary N) is 1. The second kappa shape index (κ2) is 1.63. The summed E-state index contributed by atoms with van der Waals surface area (Å²) in [6, 6.07) is 0.833. The van der Waals surface area contributed by atoms with Crippen LogP contribution < -0.4 is 5.32 Å². The SMILES string of the molecule is C[C@H]1CN1.Cl. The molecule has 0 aromatic heterocycles. The average Bonchev–Trinajstić information content (AvgIpc) is 1.75. The van der Waals surface area contributed by atoms with E-state index < -0.39 is 0 Å². The van der Waals surface area contributed by atoms with Gasteiger partial charge in [-0.05, 0) is 6.92 Å². The van der Waals surface area contributed by atoms with E-state index in [1.807, 2.05) is 0 Å². The van der Waals surface area contributed by atoms with E-state index in [-0.39, 0.29) is 12.4 Å². The van der Waals surface area contributed by atoms with Gasteiger partial charge in [-0.3, -0.25) is 0 Å². The van der Waals surface area contributed by atoms with Crippen molar-refractivity contribution in [1.29, 1.82) is 0 Å². The molecule has 1 atom stereocenters. The first-order chi connectivity index (χ1) is 1.89. The molecule has 0 unspecified atom stereocenters. The summed E-state index contributed by atoms with van der Waals surface area (Å²) >= 11 is 0. The van der Waals surface area contributed by atoms with Crippen LogP contribution in [0.2, 0.25) is 0 Å². The van der Waals surface area contributed by atoms with E-state index in [9.17, 15) is 0 Å². The van der Waals surface area contributed by atoms with E-state index in [0.717, 1.165) is 6.04 Å². The Balaban J connectivity index is 0.000000160. The second-order valence-electron chi connectivity index (χ2n) is 1.31. The minimum Gasteiger partial charge on any atom is -0.311 e. The Morgan fingerprint density at radius 3 is 2.00 bits per heavy atom. The first-order valence-corrected chi connectivity index (χ1v) is 1.63. The summed E-state index contributed by atoms with van der Waals surface area (Å²) in [6.07, 6.45) is 0. The standard InChI is InChI=1S/C3H7N.ClH/c1-3-2-4-3;/h3-4H,2H2,1H3;1H/t3-;/m0./s1. The highest BCUT2D eigenvalue weighted by molar-refractivity contribution is 5.85. The average molecular weight is 93.6 g/mol. The molecule has 0 bridgehead atoms. The Bertz CT molecular complexity index is 26.1. The topological polar surface area (TPSA) is 21.9 Å². The van der Waals surface area contributed by atoms with Crippen molar-refractivity contribution in [3.8, 4) is 0 Å². The molecule has 0 radical (unpaired) electrons. The van der Waals surface area contributed by atoms with E-state index in [0.29, 0.717) is 0 Å². The van der Waals surface area contributed by atoms with Crippen LogP contribution in [0, 0.1) is 0 Å². The predicted octanol–water partition coefficient (Wildman–Crippen LogP) is 0.400. The van der Waals surface area contributed by atoms with Gasteiger partial charge in [-0.1, -0.05) is 0 Å². The zero-order chi connectivity index (χ0) is 2.99. The van der Waals surface area contributed by atoms with Gasteiger partial charge in [-0.2, -0.15) is 0 Å². The lowest BCUT2D eigenvalue weighted by Crippen LogP contribution is -1.72. The van der Waals surface area contributed by atoms with Gasteiger partial charge in [0.15, 0.2) is 0 Å². The molecule has 1 aliphatic heterocycles. The molecule has 1 nitrogen and oxygen atoms in total. The molecule has 1 aliphatic rings. The van der Waals surface area contributed by atoms with E-state index in [4.69, 9.17) is 0 Å². The first kappa shape index (κ1) is 5.25. The lowest BCUT2D eigenvalue weighted by Gasteiger charge is -1.53. The fraction of sp³-hybridized carbons (Fsp3) is 1.00. The molecule has 1 heterocycles. The van der Waals surface area contributed by atoms with Gasteiger partial charge in [-0.25, -0.2) is 0 Å². The lowest BCUT2D eigenvalue weighted by atomic mass is 10.6. The van der Waals surface area contributed by atoms with Crippen LogP contribution in [0.25, 0.3) is 0 Å². The normalized spacial score (nSPS) is 31.8. The number of hydrogen-bond acceptors (Lipinski definition) is 1. The largest absolute Gasteiger partial charge is 0.311 e. The van der Waals surface area contributed by atoms with Crippen molar-refractivity contribution >= 4 is 12.4 Å². The fourth-order valence-corrected chi connectivity index (χ4v) is 0.118. The predicted molar refractivity (Wildman–Crippen MR) is 24.7 cm³/mol. The summed E-state index contributed by atoms with van der Waals surface area (Å²) in [5.74, 6) is 0. The molecule has 0 aliphatic carbocycles. The molecule has 0 aromatic rings. The molecular formula is C3H8ClN. The highest BCUT2D eigenvalue weighted by Crippen LogP contribution is 1.88. The summed E-state index contributed by atoms with van der Waals surface area (Å²) < 4.78 is 0. The Labute approximate surface area is 38.2 Å². The molecule has 0 amide bonds. The molecule has 1 N–H and O–H groups in total. The molecule has 0 saturated carbocycles. The number of halogens is 1. The second-order valence-corrected chi connectivity index (χ2v) is 1.31. The molecule has 32 valence electrons. The van der Waals surface area contributed by atoms with Crippen LogP contribution in [-0.4, -0.2) is 12.6 Å². The van der Waals surface area contributed by atoms with Crippen LogP contribution >= 0.6 is 12.4 Å². The lowest BCUT2D eigenvalue weighted by molar-refractivity contribution is 1.09. The van der Waals surface area contributed by atoms with Gasteiger partial charge < -0.3 is 5.32 Å². The molecule has 0 aromatic carbocycles. The van der Waals surface area contributed by atoms with Crippen LogP contribution in [0.3, 0.4) is 0 Å². The van der Waals surface area contributed by atoms with E-state index >= 15 is 0 Å². The van der Waals surface area contributed by atoms with Crippen LogP contribution in [-0.2, 0) is 0 Å². The van der Waals surface area contributed by atoms with Crippen molar-refractivity contribution < 1.29 is 0 Å². The smallest absolute Gasteiger partial charge is 0.0164 e. The summed E-state index contributed by atoms with van der Waals surface area (Å²) in [5, 5.41) is 3.10. The Morgan fingerprint density at radius 2 is 2.00 bits per heavy atom. The molecule has 0 spiro atoms. The zero-order valence-electron chi connectivity index (χ0n) is 3.19. The van der Waals surface area contributed by atoms with E-state index in [1.54, 1.807) is 0 Å². The van der Waals surface area contributed by atoms with E-state index in [2.05, 4.69) is 12.2 Å². The quantitative estimate of drug-likeness (QED) is 0.430. The minimum absolute atomic E-state index is 0. The maximum Gasteiger partial charge on any atom is 0.0164 e. The summed E-state index contributed by atoms with van der Waals surface area (Å²) in [4.78, 5) is 0. The molecular weight excluding hydrogens is 85.5 g/mol. The van der Waals surface area contributed by atoms with Gasteiger partial charge >= 0.3 is 0 Å². The molecule has 1 rings (SSSR count). The van der Waals surface area contributed by atoms with Gasteiger partial charge in [0.1, 0.15) is 0 Å². The van der Waals surface area contributed by atoms with Crippen molar-refractivity contribution in [2.75, 3.05) is 6.54 Å². The third-order valence-electron chi connectivity index (χ3n) is 0.612. The maximum atomic E-state index is 3.10. The third-order valence-corrected chi connectivity index (χ3v) is 0.612. The van der Waals surface area contributed by atoms with Crippen molar-refractivity contribution in [3.63, 3.8) is 0 Å². The van der Waals surface area contributed by atoms with Crippen molar-refractivity contribution in [3.05, 3.63) is 0 Å². The van der Waals surface area contributed by atoms with Crippen molar-refractivity contribution in [2.45, 2.75) is 13.0 Å².